The molecule has 14 heavy (non-hydrogen) atoms. The molecule has 1 unspecified atom stereocenters. The Labute approximate surface area is 91.2 Å². The van der Waals surface area contributed by atoms with E-state index in [-0.39, 0.29) is 0 Å². The minimum Gasteiger partial charge on any atom is -0.383 e. The van der Waals surface area contributed by atoms with Crippen LogP contribution in [0.5, 0.6) is 0 Å². The number of hydrogen-bond acceptors (Lipinski definition) is 1. The van der Waals surface area contributed by atoms with Crippen molar-refractivity contribution < 1.29 is 5.11 Å². The van der Waals surface area contributed by atoms with Crippen molar-refractivity contribution in [2.45, 2.75) is 6.10 Å². The second-order valence-electron chi connectivity index (χ2n) is 3.08. The van der Waals surface area contributed by atoms with Gasteiger partial charge in [-0.15, -0.1) is 5.73 Å². The lowest BCUT2D eigenvalue weighted by atomic mass is 10.0. The highest BCUT2D eigenvalue weighted by Gasteiger charge is 2.11. The zero-order valence-corrected chi connectivity index (χ0v) is 9.03. The average Bonchev–Trinajstić information content (AvgIpc) is 2.71. The van der Waals surface area contributed by atoms with Gasteiger partial charge in [0, 0.05) is 10.0 Å². The molecule has 70 valence electrons. The van der Waals surface area contributed by atoms with Crippen LogP contribution in [0.3, 0.4) is 0 Å². The van der Waals surface area contributed by atoms with Gasteiger partial charge in [0.2, 0.25) is 0 Å². The Balaban J connectivity index is 2.27. The van der Waals surface area contributed by atoms with Gasteiger partial charge in [-0.25, -0.2) is 0 Å². The summed E-state index contributed by atoms with van der Waals surface area (Å²) >= 11 is 3.35. The zero-order chi connectivity index (χ0) is 9.97. The van der Waals surface area contributed by atoms with Gasteiger partial charge in [0.1, 0.15) is 6.10 Å². The van der Waals surface area contributed by atoms with Gasteiger partial charge in [-0.1, -0.05) is 34.1 Å². The third kappa shape index (κ3) is 1.88. The Morgan fingerprint density at radius 3 is 2.50 bits per heavy atom. The van der Waals surface area contributed by atoms with Gasteiger partial charge in [0.25, 0.3) is 0 Å². The maximum atomic E-state index is 9.93. The third-order valence-corrected chi connectivity index (χ3v) is 2.63. The Morgan fingerprint density at radius 1 is 1.21 bits per heavy atom. The van der Waals surface area contributed by atoms with E-state index >= 15 is 0 Å². The molecule has 0 aliphatic heterocycles. The molecule has 1 atom stereocenters. The molecular weight excluding hydrogens is 240 g/mol. The first-order valence-corrected chi connectivity index (χ1v) is 5.13. The van der Waals surface area contributed by atoms with Crippen LogP contribution in [0.25, 0.3) is 0 Å². The van der Waals surface area contributed by atoms with Crippen LogP contribution in [-0.4, -0.2) is 5.11 Å². The number of allylic oxidation sites excluding steroid dienone is 1. The van der Waals surface area contributed by atoms with Crippen LogP contribution in [0.4, 0.5) is 0 Å². The number of halogens is 1. The molecule has 2 heteroatoms. The summed E-state index contributed by atoms with van der Waals surface area (Å²) in [5.74, 6) is 0. The van der Waals surface area contributed by atoms with Crippen LogP contribution in [-0.2, 0) is 0 Å². The lowest BCUT2D eigenvalue weighted by molar-refractivity contribution is 0.220. The smallest absolute Gasteiger partial charge is 0.111 e. The summed E-state index contributed by atoms with van der Waals surface area (Å²) in [6.45, 7) is 0. The number of benzene rings is 1. The topological polar surface area (TPSA) is 20.2 Å². The van der Waals surface area contributed by atoms with Gasteiger partial charge >= 0.3 is 0 Å². The molecule has 0 radical (unpaired) electrons. The first-order chi connectivity index (χ1) is 6.77. The van der Waals surface area contributed by atoms with Gasteiger partial charge < -0.3 is 5.11 Å². The van der Waals surface area contributed by atoms with Gasteiger partial charge in [0.05, 0.1) is 0 Å². The summed E-state index contributed by atoms with van der Waals surface area (Å²) < 4.78 is 1.01. The van der Waals surface area contributed by atoms with E-state index in [1.165, 1.54) is 0 Å². The van der Waals surface area contributed by atoms with Crippen LogP contribution in [0.2, 0.25) is 0 Å². The van der Waals surface area contributed by atoms with Crippen LogP contribution in [0.1, 0.15) is 11.7 Å². The number of aliphatic hydroxyl groups excluding tert-OH is 1. The number of rotatable bonds is 2. The second kappa shape index (κ2) is 3.97. The lowest BCUT2D eigenvalue weighted by Gasteiger charge is -2.09. The highest BCUT2D eigenvalue weighted by atomic mass is 79.9. The van der Waals surface area contributed by atoms with E-state index in [2.05, 4.69) is 21.7 Å². The summed E-state index contributed by atoms with van der Waals surface area (Å²) in [5, 5.41) is 9.93. The van der Waals surface area contributed by atoms with Crippen molar-refractivity contribution in [2.75, 3.05) is 0 Å². The van der Waals surface area contributed by atoms with E-state index in [1.54, 1.807) is 6.08 Å². The molecule has 0 fully saturated rings. The van der Waals surface area contributed by atoms with Crippen LogP contribution in [0, 0.1) is 0 Å². The zero-order valence-electron chi connectivity index (χ0n) is 7.44. The molecule has 1 aliphatic rings. The normalized spacial score (nSPS) is 15.7. The van der Waals surface area contributed by atoms with E-state index in [4.69, 9.17) is 0 Å². The van der Waals surface area contributed by atoms with Crippen LogP contribution in [0.15, 0.2) is 58.3 Å². The summed E-state index contributed by atoms with van der Waals surface area (Å²) in [6, 6.07) is 7.63. The van der Waals surface area contributed by atoms with Crippen molar-refractivity contribution >= 4 is 15.9 Å². The molecule has 1 aliphatic carbocycles. The maximum absolute atomic E-state index is 9.93. The predicted molar refractivity (Wildman–Crippen MR) is 59.8 cm³/mol. The molecular formula is C12H9BrO. The first-order valence-electron chi connectivity index (χ1n) is 4.34. The number of hydrogen-bond donors (Lipinski definition) is 1. The maximum Gasteiger partial charge on any atom is 0.111 e. The minimum atomic E-state index is -0.571. The summed E-state index contributed by atoms with van der Waals surface area (Å²) in [5.41, 5.74) is 4.69. The molecule has 0 saturated heterocycles. The Kier molecular flexibility index (Phi) is 2.69. The predicted octanol–water partition coefficient (Wildman–Crippen LogP) is 3.13. The first kappa shape index (κ1) is 9.47. The quantitative estimate of drug-likeness (QED) is 0.798. The Morgan fingerprint density at radius 2 is 1.93 bits per heavy atom. The van der Waals surface area contributed by atoms with Crippen LogP contribution >= 0.6 is 15.9 Å². The fourth-order valence-electron chi connectivity index (χ4n) is 1.34. The lowest BCUT2D eigenvalue weighted by Crippen LogP contribution is -1.97. The van der Waals surface area contributed by atoms with Gasteiger partial charge in [-0.3, -0.25) is 0 Å². The van der Waals surface area contributed by atoms with Crippen molar-refractivity contribution in [1.29, 1.82) is 0 Å². The molecule has 0 amide bonds. The van der Waals surface area contributed by atoms with Crippen molar-refractivity contribution in [3.63, 3.8) is 0 Å². The highest BCUT2D eigenvalue weighted by Crippen LogP contribution is 2.24. The van der Waals surface area contributed by atoms with E-state index < -0.39 is 6.10 Å². The summed E-state index contributed by atoms with van der Waals surface area (Å²) in [4.78, 5) is 0. The second-order valence-corrected chi connectivity index (χ2v) is 4.00. The van der Waals surface area contributed by atoms with E-state index in [1.807, 2.05) is 36.4 Å². The molecule has 1 nitrogen and oxygen atoms in total. The highest BCUT2D eigenvalue weighted by molar-refractivity contribution is 9.10. The van der Waals surface area contributed by atoms with Crippen molar-refractivity contribution in [1.82, 2.24) is 0 Å². The third-order valence-electron chi connectivity index (χ3n) is 2.10. The molecule has 0 bridgehead atoms. The van der Waals surface area contributed by atoms with Gasteiger partial charge in [-0.05, 0) is 29.8 Å². The molecule has 0 saturated carbocycles. The Bertz CT molecular complexity index is 422. The fraction of sp³-hybridized carbons (Fsp3) is 0.0833. The number of aliphatic hydroxyl groups is 1. The Hall–Kier alpha value is -1.08. The van der Waals surface area contributed by atoms with E-state index in [9.17, 15) is 5.11 Å². The van der Waals surface area contributed by atoms with Gasteiger partial charge in [-0.2, -0.15) is 0 Å². The van der Waals surface area contributed by atoms with E-state index in [0.717, 1.165) is 15.6 Å². The van der Waals surface area contributed by atoms with Crippen molar-refractivity contribution in [3.05, 3.63) is 63.8 Å². The van der Waals surface area contributed by atoms with Crippen molar-refractivity contribution in [2.24, 2.45) is 0 Å². The molecule has 1 aromatic carbocycles. The average molecular weight is 249 g/mol. The van der Waals surface area contributed by atoms with E-state index in [0.29, 0.717) is 0 Å². The molecule has 0 spiro atoms. The summed E-state index contributed by atoms with van der Waals surface area (Å²) in [6.07, 6.45) is 4.97. The monoisotopic (exact) mass is 248 g/mol. The molecule has 0 aromatic heterocycles. The molecule has 1 aromatic rings. The fourth-order valence-corrected chi connectivity index (χ4v) is 1.60. The summed E-state index contributed by atoms with van der Waals surface area (Å²) in [7, 11) is 0. The SMILES string of the molecule is OC(C1=C=CC=C1)c1ccc(Br)cc1. The van der Waals surface area contributed by atoms with Gasteiger partial charge in [0.15, 0.2) is 0 Å². The molecule has 1 N–H and O–H groups in total. The molecule has 0 heterocycles. The van der Waals surface area contributed by atoms with Crippen LogP contribution < -0.4 is 0 Å². The standard InChI is InChI=1S/C12H9BrO/c13-11-7-5-10(6-8-11)12(14)9-3-1-2-4-9/h1-3,5-8,12,14H. The molecule has 2 rings (SSSR count). The minimum absolute atomic E-state index is 0.571. The largest absolute Gasteiger partial charge is 0.383 e. The van der Waals surface area contributed by atoms with Crippen molar-refractivity contribution in [3.8, 4) is 0 Å².